The molecule has 1 radical (unpaired) electrons. The number of urea groups is 1. The van der Waals surface area contributed by atoms with E-state index in [0.29, 0.717) is 69.4 Å². The van der Waals surface area contributed by atoms with Crippen LogP contribution < -0.4 is 10.4 Å². The maximum Gasteiger partial charge on any atom is 0.324 e. The molecule has 3 fully saturated rings. The van der Waals surface area contributed by atoms with Crippen LogP contribution in [0.2, 0.25) is 0 Å². The van der Waals surface area contributed by atoms with Gasteiger partial charge in [0, 0.05) is 68.4 Å². The van der Waals surface area contributed by atoms with E-state index < -0.39 is 55.3 Å². The highest BCUT2D eigenvalue weighted by Crippen LogP contribution is 2.42. The van der Waals surface area contributed by atoms with Crippen molar-refractivity contribution in [1.29, 1.82) is 0 Å². The highest BCUT2D eigenvalue weighted by molar-refractivity contribution is 6.88. The number of amides is 5. The quantitative estimate of drug-likeness (QED) is 0.100. The third-order valence-electron chi connectivity index (χ3n) is 14.6. The zero-order chi connectivity index (χ0) is 50.9. The number of hydrazine groups is 1. The predicted octanol–water partition coefficient (Wildman–Crippen LogP) is 7.14. The van der Waals surface area contributed by atoms with E-state index in [9.17, 15) is 24.0 Å². The van der Waals surface area contributed by atoms with Gasteiger partial charge in [-0.15, -0.1) is 0 Å². The molecule has 2 aromatic heterocycles. The number of likely N-dealkylation sites (tertiary alicyclic amines) is 1. The standard InChI is InChI=1S/C53H68FN8O8Si/c1-10-44(63)60-30-53(70-32-60)18-22-59(23-19-53)50(66)58(8)46(33(3)4)48(64)57-71-29-35-24-37(26-38(54)25-35)36-16-17-43-40(27-36)41(47(61(43)11-2)39-14-12-20-55-45(39)34(5)68-9)28-52(6,7)31-69-49(65)42-15-13-21-62(56-42)51(71)67/h10,12,14,16-17,20,24-27,33-34,42,46,56H,1,11,13,15,18-19,21-23,28-32H2,2-9H3,(H,57,64)/t34-,42-,46-/m0/s1. The summed E-state index contributed by atoms with van der Waals surface area (Å²) in [7, 11) is 0.600. The first kappa shape index (κ1) is 51.4. The van der Waals surface area contributed by atoms with Crippen molar-refractivity contribution in [2.24, 2.45) is 11.3 Å². The Labute approximate surface area is 417 Å². The fraction of sp³-hybridized carbons (Fsp3) is 0.509. The minimum absolute atomic E-state index is 0.00879. The largest absolute Gasteiger partial charge is 0.464 e. The van der Waals surface area contributed by atoms with Crippen molar-refractivity contribution >= 4 is 49.2 Å². The number of nitrogens with zero attached hydrogens (tertiary/aromatic N) is 6. The van der Waals surface area contributed by atoms with Crippen LogP contribution in [0.4, 0.5) is 14.0 Å². The number of likely N-dealkylation sites (N-methyl/N-ethyl adjacent to an activating group) is 1. The SMILES string of the molecule is C=CC(=O)N1COC2(CCN(C(=O)N(C)[C@H](C(=O)N[Si]3Cc4cc(F)cc(c4)-c4ccc5c(c4)c(c(-c4cccnc4[C@H](C)OC)n5CC)CC(C)(C)COC(=O)[C@@H]4CCCN(N4)C3=O)C(C)C)CC2)C1. The number of aryl methyl sites for hydroxylation is 1. The van der Waals surface area contributed by atoms with Crippen molar-refractivity contribution in [3.8, 4) is 22.4 Å². The number of rotatable bonds is 9. The smallest absolute Gasteiger partial charge is 0.324 e. The lowest BCUT2D eigenvalue weighted by molar-refractivity contribution is -0.151. The molecule has 4 aliphatic heterocycles. The van der Waals surface area contributed by atoms with Gasteiger partial charge in [-0.2, -0.15) is 0 Å². The van der Waals surface area contributed by atoms with Crippen molar-refractivity contribution in [2.45, 2.75) is 110 Å². The molecule has 6 heterocycles. The van der Waals surface area contributed by atoms with Crippen LogP contribution in [0, 0.1) is 17.2 Å². The number of hydrogen-bond acceptors (Lipinski definition) is 10. The number of ether oxygens (including phenoxy) is 3. The van der Waals surface area contributed by atoms with Crippen LogP contribution in [0.5, 0.6) is 0 Å². The summed E-state index contributed by atoms with van der Waals surface area (Å²) in [5.74, 6) is -2.06. The van der Waals surface area contributed by atoms with Crippen LogP contribution in [0.3, 0.4) is 0 Å². The molecule has 71 heavy (non-hydrogen) atoms. The van der Waals surface area contributed by atoms with Gasteiger partial charge in [0.1, 0.15) is 24.6 Å². The predicted molar refractivity (Wildman–Crippen MR) is 269 cm³/mol. The number of cyclic esters (lactones) is 1. The van der Waals surface area contributed by atoms with Gasteiger partial charge in [0.15, 0.2) is 0 Å². The number of hydrogen-bond donors (Lipinski definition) is 2. The van der Waals surface area contributed by atoms with Gasteiger partial charge in [-0.1, -0.05) is 46.4 Å². The lowest BCUT2D eigenvalue weighted by Gasteiger charge is -2.41. The number of benzene rings is 2. The van der Waals surface area contributed by atoms with Crippen LogP contribution in [0.15, 0.2) is 67.4 Å². The molecule has 2 aromatic carbocycles. The highest BCUT2D eigenvalue weighted by Gasteiger charge is 2.45. The van der Waals surface area contributed by atoms with Gasteiger partial charge in [-0.25, -0.2) is 14.6 Å². The average molecular weight is 992 g/mol. The monoisotopic (exact) mass is 991 g/mol. The molecule has 0 aliphatic carbocycles. The van der Waals surface area contributed by atoms with Crippen molar-refractivity contribution in [2.75, 3.05) is 53.7 Å². The number of esters is 1. The second kappa shape index (κ2) is 21.0. The van der Waals surface area contributed by atoms with E-state index in [4.69, 9.17) is 19.2 Å². The molecule has 8 rings (SSSR count). The fourth-order valence-electron chi connectivity index (χ4n) is 10.8. The third-order valence-corrected chi connectivity index (χ3v) is 16.6. The summed E-state index contributed by atoms with van der Waals surface area (Å²) in [4.78, 5) is 82.6. The lowest BCUT2D eigenvalue weighted by Crippen LogP contribution is -2.64. The maximum atomic E-state index is 16.1. The Kier molecular flexibility index (Phi) is 15.2. The number of nitrogens with one attached hydrogen (secondary N) is 2. The summed E-state index contributed by atoms with van der Waals surface area (Å²) in [5.41, 5.74) is 8.19. The molecule has 16 nitrogen and oxygen atoms in total. The Morgan fingerprint density at radius 1 is 1.07 bits per heavy atom. The third kappa shape index (κ3) is 10.7. The molecule has 3 saturated heterocycles. The number of carbonyl (C=O) groups is 5. The number of fused-ring (bicyclic) bond motifs is 6. The first-order chi connectivity index (χ1) is 33.9. The molecule has 379 valence electrons. The summed E-state index contributed by atoms with van der Waals surface area (Å²) in [6.07, 6.45) is 5.21. The van der Waals surface area contributed by atoms with Crippen LogP contribution in [-0.2, 0) is 47.6 Å². The summed E-state index contributed by atoms with van der Waals surface area (Å²) in [6.45, 7) is 17.8. The fourth-order valence-corrected chi connectivity index (χ4v) is 12.7. The van der Waals surface area contributed by atoms with Crippen molar-refractivity contribution in [3.63, 3.8) is 0 Å². The second-order valence-electron chi connectivity index (χ2n) is 20.6. The first-order valence-electron chi connectivity index (χ1n) is 24.8. The van der Waals surface area contributed by atoms with Gasteiger partial charge in [0.2, 0.25) is 17.3 Å². The Balaban J connectivity index is 1.14. The van der Waals surface area contributed by atoms with Crippen LogP contribution >= 0.6 is 0 Å². The number of halogens is 1. The van der Waals surface area contributed by atoms with Crippen molar-refractivity contribution in [3.05, 3.63) is 90.0 Å². The van der Waals surface area contributed by atoms with E-state index in [-0.39, 0.29) is 49.9 Å². The summed E-state index contributed by atoms with van der Waals surface area (Å²) in [5, 5.41) is 2.37. The van der Waals surface area contributed by atoms with Gasteiger partial charge < -0.3 is 38.5 Å². The second-order valence-corrected chi connectivity index (χ2v) is 22.6. The minimum Gasteiger partial charge on any atom is -0.464 e. The number of aromatic nitrogens is 2. The molecule has 5 amide bonds. The number of methoxy groups -OCH3 is 1. The number of piperidine rings is 1. The van der Waals surface area contributed by atoms with Gasteiger partial charge in [-0.05, 0) is 123 Å². The summed E-state index contributed by atoms with van der Waals surface area (Å²) < 4.78 is 36.4. The molecular weight excluding hydrogens is 924 g/mol. The Bertz CT molecular complexity index is 2700. The van der Waals surface area contributed by atoms with Gasteiger partial charge >= 0.3 is 12.0 Å². The van der Waals surface area contributed by atoms with Gasteiger partial charge in [0.05, 0.1) is 36.2 Å². The molecule has 18 heteroatoms. The zero-order valence-electron chi connectivity index (χ0n) is 42.3. The molecule has 3 atom stereocenters. The minimum atomic E-state index is -2.65. The molecule has 0 saturated carbocycles. The topological polar surface area (TPSA) is 168 Å². The van der Waals surface area contributed by atoms with E-state index in [1.165, 1.54) is 28.1 Å². The molecule has 4 aliphatic rings. The Hall–Kier alpha value is -5.95. The molecular formula is C53H68FN8O8Si. The van der Waals surface area contributed by atoms with E-state index in [1.807, 2.05) is 39.0 Å². The van der Waals surface area contributed by atoms with Crippen LogP contribution in [0.25, 0.3) is 33.3 Å². The molecule has 2 N–H and O–H groups in total. The molecule has 6 bridgehead atoms. The summed E-state index contributed by atoms with van der Waals surface area (Å²) >= 11 is 0. The Morgan fingerprint density at radius 2 is 1.83 bits per heavy atom. The lowest BCUT2D eigenvalue weighted by atomic mass is 9.84. The number of carbonyl (C=O) groups excluding carboxylic acids is 5. The molecule has 4 aromatic rings. The zero-order valence-corrected chi connectivity index (χ0v) is 43.3. The highest BCUT2D eigenvalue weighted by atomic mass is 28.3. The molecule has 1 spiro atoms. The van der Waals surface area contributed by atoms with Crippen molar-refractivity contribution < 1.29 is 42.6 Å². The van der Waals surface area contributed by atoms with Crippen LogP contribution in [-0.4, -0.2) is 139 Å². The maximum absolute atomic E-state index is 16.1. The van der Waals surface area contributed by atoms with Gasteiger partial charge in [-0.3, -0.25) is 29.2 Å². The first-order valence-corrected chi connectivity index (χ1v) is 26.5. The van der Waals surface area contributed by atoms with Crippen LogP contribution in [0.1, 0.15) is 90.2 Å². The molecule has 0 unspecified atom stereocenters. The van der Waals surface area contributed by atoms with E-state index in [1.54, 1.807) is 30.2 Å². The van der Waals surface area contributed by atoms with Crippen molar-refractivity contribution in [1.82, 2.24) is 39.7 Å². The Morgan fingerprint density at radius 3 is 2.54 bits per heavy atom. The van der Waals surface area contributed by atoms with Gasteiger partial charge in [0.25, 0.3) is 8.96 Å². The number of pyridine rings is 1. The van der Waals surface area contributed by atoms with E-state index >= 15 is 4.39 Å². The summed E-state index contributed by atoms with van der Waals surface area (Å²) in [6, 6.07) is 12.7. The normalized spacial score (nSPS) is 20.4. The van der Waals surface area contributed by atoms with E-state index in [2.05, 4.69) is 60.5 Å². The average Bonchev–Trinajstić information content (AvgIpc) is 3.91. The van der Waals surface area contributed by atoms with E-state index in [0.717, 1.165) is 39.0 Å².